The molecule has 2 N–H and O–H groups in total. The molecule has 8 nitrogen and oxygen atoms in total. The SMILES string of the molecule is O=C(CCc1csc(NC(=O)C2C=CC=NC2=O)n1)Nc1nccs1. The van der Waals surface area contributed by atoms with Gasteiger partial charge in [0, 0.05) is 29.6 Å². The van der Waals surface area contributed by atoms with Crippen LogP contribution in [0.2, 0.25) is 0 Å². The van der Waals surface area contributed by atoms with Gasteiger partial charge in [-0.1, -0.05) is 6.08 Å². The molecule has 2 aromatic rings. The molecule has 1 unspecified atom stereocenters. The molecule has 0 saturated heterocycles. The molecular weight excluding hydrogens is 362 g/mol. The Morgan fingerprint density at radius 3 is 2.84 bits per heavy atom. The molecular formula is C15H13N5O3S2. The van der Waals surface area contributed by atoms with Crippen molar-refractivity contribution in [2.75, 3.05) is 10.6 Å². The lowest BCUT2D eigenvalue weighted by molar-refractivity contribution is -0.128. The first-order valence-electron chi connectivity index (χ1n) is 7.31. The molecule has 0 fully saturated rings. The van der Waals surface area contributed by atoms with Gasteiger partial charge in [0.1, 0.15) is 5.92 Å². The molecule has 10 heteroatoms. The predicted molar refractivity (Wildman–Crippen MR) is 95.9 cm³/mol. The van der Waals surface area contributed by atoms with Crippen molar-refractivity contribution in [3.05, 3.63) is 34.8 Å². The molecule has 2 aromatic heterocycles. The second kappa shape index (κ2) is 7.90. The number of aliphatic imine (C=N–C) groups is 1. The molecule has 3 rings (SSSR count). The lowest BCUT2D eigenvalue weighted by atomic mass is 10.1. The summed E-state index contributed by atoms with van der Waals surface area (Å²) in [6, 6.07) is 0. The summed E-state index contributed by atoms with van der Waals surface area (Å²) >= 11 is 2.59. The summed E-state index contributed by atoms with van der Waals surface area (Å²) in [7, 11) is 0. The van der Waals surface area contributed by atoms with Crippen LogP contribution >= 0.6 is 22.7 Å². The van der Waals surface area contributed by atoms with Crippen LogP contribution in [-0.2, 0) is 20.8 Å². The highest BCUT2D eigenvalue weighted by Gasteiger charge is 2.25. The largest absolute Gasteiger partial charge is 0.302 e. The van der Waals surface area contributed by atoms with E-state index in [1.165, 1.54) is 35.0 Å². The second-order valence-electron chi connectivity index (χ2n) is 5.00. The number of aromatic nitrogens is 2. The number of anilines is 2. The van der Waals surface area contributed by atoms with Crippen molar-refractivity contribution in [1.82, 2.24) is 9.97 Å². The fraction of sp³-hybridized carbons (Fsp3) is 0.200. The third-order valence-electron chi connectivity index (χ3n) is 3.21. The fourth-order valence-corrected chi connectivity index (χ4v) is 3.30. The average molecular weight is 375 g/mol. The summed E-state index contributed by atoms with van der Waals surface area (Å²) < 4.78 is 0. The van der Waals surface area contributed by atoms with E-state index in [-0.39, 0.29) is 12.3 Å². The molecule has 1 atom stereocenters. The summed E-state index contributed by atoms with van der Waals surface area (Å²) in [5.74, 6) is -2.05. The number of nitrogens with zero attached hydrogens (tertiary/aromatic N) is 3. The van der Waals surface area contributed by atoms with E-state index in [1.54, 1.807) is 23.0 Å². The first-order chi connectivity index (χ1) is 12.1. The Bertz CT molecular complexity index is 841. The van der Waals surface area contributed by atoms with E-state index < -0.39 is 17.7 Å². The zero-order valence-electron chi connectivity index (χ0n) is 12.8. The lowest BCUT2D eigenvalue weighted by Crippen LogP contribution is -2.28. The Labute approximate surface area is 150 Å². The molecule has 1 aliphatic heterocycles. The number of allylic oxidation sites excluding steroid dienone is 1. The number of amides is 3. The first kappa shape index (κ1) is 17.1. The molecule has 0 spiro atoms. The van der Waals surface area contributed by atoms with Gasteiger partial charge in [-0.3, -0.25) is 14.4 Å². The Morgan fingerprint density at radius 1 is 1.20 bits per heavy atom. The van der Waals surface area contributed by atoms with Crippen LogP contribution in [0.5, 0.6) is 0 Å². The number of dihydropyridines is 1. The zero-order valence-corrected chi connectivity index (χ0v) is 14.5. The van der Waals surface area contributed by atoms with Crippen LogP contribution in [0, 0.1) is 5.92 Å². The van der Waals surface area contributed by atoms with Gasteiger partial charge in [0.25, 0.3) is 5.91 Å². The Hall–Kier alpha value is -2.72. The molecule has 0 bridgehead atoms. The van der Waals surface area contributed by atoms with E-state index in [0.29, 0.717) is 22.4 Å². The van der Waals surface area contributed by atoms with E-state index in [0.717, 1.165) is 0 Å². The molecule has 0 saturated carbocycles. The van der Waals surface area contributed by atoms with Crippen molar-refractivity contribution >= 4 is 56.9 Å². The third-order valence-corrected chi connectivity index (χ3v) is 4.70. The van der Waals surface area contributed by atoms with Gasteiger partial charge in [0.15, 0.2) is 10.3 Å². The molecule has 1 aliphatic rings. The van der Waals surface area contributed by atoms with Crippen molar-refractivity contribution in [3.8, 4) is 0 Å². The van der Waals surface area contributed by atoms with Gasteiger partial charge in [-0.05, 0) is 12.5 Å². The number of carbonyl (C=O) groups is 3. The number of hydrogen-bond acceptors (Lipinski definition) is 7. The van der Waals surface area contributed by atoms with Gasteiger partial charge < -0.3 is 10.6 Å². The van der Waals surface area contributed by atoms with E-state index in [1.807, 2.05) is 0 Å². The highest BCUT2D eigenvalue weighted by molar-refractivity contribution is 7.14. The maximum Gasteiger partial charge on any atom is 0.262 e. The molecule has 25 heavy (non-hydrogen) atoms. The van der Waals surface area contributed by atoms with E-state index in [4.69, 9.17) is 0 Å². The maximum atomic E-state index is 12.1. The average Bonchev–Trinajstić information content (AvgIpc) is 3.25. The normalized spacial score (nSPS) is 16.0. The smallest absolute Gasteiger partial charge is 0.262 e. The Balaban J connectivity index is 1.49. The number of carbonyl (C=O) groups excluding carboxylic acids is 3. The van der Waals surface area contributed by atoms with Gasteiger partial charge >= 0.3 is 0 Å². The summed E-state index contributed by atoms with van der Waals surface area (Å²) in [5, 5.41) is 9.79. The van der Waals surface area contributed by atoms with Crippen molar-refractivity contribution < 1.29 is 14.4 Å². The number of thiazole rings is 2. The van der Waals surface area contributed by atoms with E-state index >= 15 is 0 Å². The summed E-state index contributed by atoms with van der Waals surface area (Å²) in [4.78, 5) is 47.3. The highest BCUT2D eigenvalue weighted by atomic mass is 32.1. The van der Waals surface area contributed by atoms with Crippen LogP contribution in [0.25, 0.3) is 0 Å². The van der Waals surface area contributed by atoms with Crippen molar-refractivity contribution in [2.24, 2.45) is 10.9 Å². The first-order valence-corrected chi connectivity index (χ1v) is 9.07. The van der Waals surface area contributed by atoms with E-state index in [9.17, 15) is 14.4 Å². The number of rotatable bonds is 6. The van der Waals surface area contributed by atoms with Crippen LogP contribution in [0.4, 0.5) is 10.3 Å². The third kappa shape index (κ3) is 4.64. The number of nitrogens with one attached hydrogen (secondary N) is 2. The van der Waals surface area contributed by atoms with Crippen LogP contribution in [-0.4, -0.2) is 33.9 Å². The molecule has 0 aromatic carbocycles. The summed E-state index contributed by atoms with van der Waals surface area (Å²) in [6.45, 7) is 0. The second-order valence-corrected chi connectivity index (χ2v) is 6.75. The predicted octanol–water partition coefficient (Wildman–Crippen LogP) is 1.89. The van der Waals surface area contributed by atoms with Crippen LogP contribution in [0.15, 0.2) is 34.1 Å². The topological polar surface area (TPSA) is 113 Å². The quantitative estimate of drug-likeness (QED) is 0.749. The van der Waals surface area contributed by atoms with Gasteiger partial charge in [0.05, 0.1) is 5.69 Å². The zero-order chi connectivity index (χ0) is 17.6. The molecule has 3 amide bonds. The van der Waals surface area contributed by atoms with Crippen molar-refractivity contribution in [3.63, 3.8) is 0 Å². The van der Waals surface area contributed by atoms with Crippen molar-refractivity contribution in [2.45, 2.75) is 12.8 Å². The maximum absolute atomic E-state index is 12.1. The van der Waals surface area contributed by atoms with Crippen LogP contribution in [0.3, 0.4) is 0 Å². The minimum atomic E-state index is -0.929. The van der Waals surface area contributed by atoms with Crippen molar-refractivity contribution in [1.29, 1.82) is 0 Å². The summed E-state index contributed by atoms with van der Waals surface area (Å²) in [5.41, 5.74) is 0.693. The Kier molecular flexibility index (Phi) is 5.41. The Morgan fingerprint density at radius 2 is 2.08 bits per heavy atom. The standard InChI is InChI=1S/C15H13N5O3S2/c21-11(19-14-17-6-7-24-14)4-3-9-8-25-15(18-9)20-13(23)10-2-1-5-16-12(10)22/h1-2,5-8,10H,3-4H2,(H,17,19,21)(H,18,20,23). The molecule has 0 aliphatic carbocycles. The van der Waals surface area contributed by atoms with Gasteiger partial charge in [-0.15, -0.1) is 22.7 Å². The van der Waals surface area contributed by atoms with Crippen LogP contribution in [0.1, 0.15) is 12.1 Å². The molecule has 128 valence electrons. The number of hydrogen-bond donors (Lipinski definition) is 2. The lowest BCUT2D eigenvalue weighted by Gasteiger charge is -2.09. The number of aryl methyl sites for hydroxylation is 1. The minimum Gasteiger partial charge on any atom is -0.302 e. The van der Waals surface area contributed by atoms with E-state index in [2.05, 4.69) is 25.6 Å². The molecule has 3 heterocycles. The van der Waals surface area contributed by atoms with Gasteiger partial charge in [-0.25, -0.2) is 15.0 Å². The van der Waals surface area contributed by atoms with Gasteiger partial charge in [0.2, 0.25) is 11.8 Å². The monoisotopic (exact) mass is 375 g/mol. The van der Waals surface area contributed by atoms with Crippen LogP contribution < -0.4 is 10.6 Å². The minimum absolute atomic E-state index is 0.149. The molecule has 0 radical (unpaired) electrons. The van der Waals surface area contributed by atoms with Gasteiger partial charge in [-0.2, -0.15) is 0 Å². The summed E-state index contributed by atoms with van der Waals surface area (Å²) in [6.07, 6.45) is 6.71. The fourth-order valence-electron chi connectivity index (χ4n) is 2.01. The highest BCUT2D eigenvalue weighted by Crippen LogP contribution is 2.19.